The Labute approximate surface area is 122 Å². The standard InChI is InChI=1S/C14H19N5O2/c1-10-5-6-11(15)8-12(10)17-13(20)4-3-7-19-14(21)18(2)9-16-19/h5-6,8-9H,3-4,7,15H2,1-2H3,(H,17,20). The van der Waals surface area contributed by atoms with Gasteiger partial charge in [-0.2, -0.15) is 5.10 Å². The average molecular weight is 289 g/mol. The summed E-state index contributed by atoms with van der Waals surface area (Å²) in [5.74, 6) is -0.104. The number of carbonyl (C=O) groups excluding carboxylic acids is 1. The normalized spacial score (nSPS) is 10.6. The molecule has 0 fully saturated rings. The van der Waals surface area contributed by atoms with Gasteiger partial charge in [-0.25, -0.2) is 9.48 Å². The summed E-state index contributed by atoms with van der Waals surface area (Å²) in [7, 11) is 1.64. The molecule has 0 aliphatic rings. The summed E-state index contributed by atoms with van der Waals surface area (Å²) in [6.45, 7) is 2.32. The van der Waals surface area contributed by atoms with Gasteiger partial charge in [0.15, 0.2) is 0 Å². The molecule has 3 N–H and O–H groups in total. The zero-order valence-corrected chi connectivity index (χ0v) is 12.2. The highest BCUT2D eigenvalue weighted by Crippen LogP contribution is 2.18. The summed E-state index contributed by atoms with van der Waals surface area (Å²) < 4.78 is 2.75. The smallest absolute Gasteiger partial charge is 0.345 e. The number of aromatic nitrogens is 3. The molecule has 112 valence electrons. The first kappa shape index (κ1) is 14.8. The average Bonchev–Trinajstić information content (AvgIpc) is 2.75. The molecule has 2 aromatic rings. The van der Waals surface area contributed by atoms with Gasteiger partial charge in [-0.15, -0.1) is 0 Å². The quantitative estimate of drug-likeness (QED) is 0.799. The number of aryl methyl sites for hydroxylation is 3. The van der Waals surface area contributed by atoms with Crippen molar-refractivity contribution in [3.05, 3.63) is 40.6 Å². The molecule has 2 rings (SSSR count). The minimum atomic E-state index is -0.179. The number of amides is 1. The van der Waals surface area contributed by atoms with Crippen molar-refractivity contribution in [2.24, 2.45) is 7.05 Å². The largest absolute Gasteiger partial charge is 0.399 e. The molecule has 0 atom stereocenters. The Kier molecular flexibility index (Phi) is 4.42. The molecule has 1 heterocycles. The van der Waals surface area contributed by atoms with E-state index in [2.05, 4.69) is 10.4 Å². The second-order valence-electron chi connectivity index (χ2n) is 4.97. The van der Waals surface area contributed by atoms with Crippen LogP contribution in [0.25, 0.3) is 0 Å². The van der Waals surface area contributed by atoms with Crippen molar-refractivity contribution in [3.63, 3.8) is 0 Å². The zero-order valence-electron chi connectivity index (χ0n) is 12.2. The lowest BCUT2D eigenvalue weighted by Crippen LogP contribution is -2.23. The first-order valence-corrected chi connectivity index (χ1v) is 6.72. The predicted molar refractivity (Wildman–Crippen MR) is 80.9 cm³/mol. The molecule has 0 aliphatic carbocycles. The van der Waals surface area contributed by atoms with Crippen LogP contribution in [0.4, 0.5) is 11.4 Å². The summed E-state index contributed by atoms with van der Waals surface area (Å²) in [4.78, 5) is 23.5. The van der Waals surface area contributed by atoms with Crippen molar-refractivity contribution in [2.45, 2.75) is 26.3 Å². The van der Waals surface area contributed by atoms with Crippen molar-refractivity contribution >= 4 is 17.3 Å². The SMILES string of the molecule is Cc1ccc(N)cc1NC(=O)CCCn1ncn(C)c1=O. The zero-order chi connectivity index (χ0) is 15.4. The van der Waals surface area contributed by atoms with Crippen LogP contribution in [0.15, 0.2) is 29.3 Å². The number of nitrogen functional groups attached to an aromatic ring is 1. The Balaban J connectivity index is 1.86. The number of rotatable bonds is 5. The van der Waals surface area contributed by atoms with Gasteiger partial charge in [0.05, 0.1) is 0 Å². The summed E-state index contributed by atoms with van der Waals surface area (Å²) >= 11 is 0. The minimum absolute atomic E-state index is 0.104. The number of carbonyl (C=O) groups is 1. The Morgan fingerprint density at radius 2 is 2.19 bits per heavy atom. The van der Waals surface area contributed by atoms with E-state index in [1.807, 2.05) is 13.0 Å². The summed E-state index contributed by atoms with van der Waals surface area (Å²) in [5.41, 5.74) is 7.80. The van der Waals surface area contributed by atoms with Crippen molar-refractivity contribution in [1.29, 1.82) is 0 Å². The number of nitrogens with one attached hydrogen (secondary N) is 1. The van der Waals surface area contributed by atoms with Crippen LogP contribution in [0.1, 0.15) is 18.4 Å². The highest BCUT2D eigenvalue weighted by Gasteiger charge is 2.07. The molecule has 7 heteroatoms. The molecule has 1 amide bonds. The fraction of sp³-hybridized carbons (Fsp3) is 0.357. The van der Waals surface area contributed by atoms with Gasteiger partial charge in [0, 0.05) is 31.4 Å². The Morgan fingerprint density at radius 1 is 1.43 bits per heavy atom. The summed E-state index contributed by atoms with van der Waals surface area (Å²) in [6.07, 6.45) is 2.32. The van der Waals surface area contributed by atoms with Gasteiger partial charge in [-0.05, 0) is 31.0 Å². The lowest BCUT2D eigenvalue weighted by Gasteiger charge is -2.09. The van der Waals surface area contributed by atoms with Gasteiger partial charge in [-0.3, -0.25) is 9.36 Å². The second-order valence-corrected chi connectivity index (χ2v) is 4.97. The molecule has 0 radical (unpaired) electrons. The van der Waals surface area contributed by atoms with Crippen LogP contribution >= 0.6 is 0 Å². The second kappa shape index (κ2) is 6.25. The predicted octanol–water partition coefficient (Wildman–Crippen LogP) is 0.891. The lowest BCUT2D eigenvalue weighted by molar-refractivity contribution is -0.116. The van der Waals surface area contributed by atoms with Crippen molar-refractivity contribution in [1.82, 2.24) is 14.3 Å². The summed E-state index contributed by atoms with van der Waals surface area (Å²) in [6, 6.07) is 5.38. The third-order valence-corrected chi connectivity index (χ3v) is 3.20. The fourth-order valence-corrected chi connectivity index (χ4v) is 1.95. The topological polar surface area (TPSA) is 94.9 Å². The van der Waals surface area contributed by atoms with Gasteiger partial charge >= 0.3 is 5.69 Å². The molecule has 0 unspecified atom stereocenters. The molecule has 7 nitrogen and oxygen atoms in total. The van der Waals surface area contributed by atoms with E-state index in [0.717, 1.165) is 11.3 Å². The van der Waals surface area contributed by atoms with Gasteiger partial charge < -0.3 is 11.1 Å². The number of hydrogen-bond donors (Lipinski definition) is 2. The number of nitrogens with zero attached hydrogens (tertiary/aromatic N) is 3. The highest BCUT2D eigenvalue weighted by atomic mass is 16.2. The van der Waals surface area contributed by atoms with E-state index >= 15 is 0 Å². The van der Waals surface area contributed by atoms with Crippen LogP contribution in [-0.2, 0) is 18.4 Å². The van der Waals surface area contributed by atoms with E-state index in [0.29, 0.717) is 25.1 Å². The van der Waals surface area contributed by atoms with Crippen molar-refractivity contribution in [3.8, 4) is 0 Å². The maximum absolute atomic E-state index is 11.9. The third-order valence-electron chi connectivity index (χ3n) is 3.20. The Hall–Kier alpha value is -2.57. The third kappa shape index (κ3) is 3.71. The van der Waals surface area contributed by atoms with E-state index in [1.54, 1.807) is 19.2 Å². The van der Waals surface area contributed by atoms with E-state index in [9.17, 15) is 9.59 Å². The van der Waals surface area contributed by atoms with Crippen molar-refractivity contribution in [2.75, 3.05) is 11.1 Å². The Bertz CT molecular complexity index is 702. The van der Waals surface area contributed by atoms with Crippen LogP contribution in [-0.4, -0.2) is 20.3 Å². The van der Waals surface area contributed by atoms with Gasteiger partial charge in [0.2, 0.25) is 5.91 Å². The van der Waals surface area contributed by atoms with Crippen LogP contribution in [0.2, 0.25) is 0 Å². The maximum atomic E-state index is 11.9. The lowest BCUT2D eigenvalue weighted by atomic mass is 10.1. The number of anilines is 2. The van der Waals surface area contributed by atoms with Crippen LogP contribution < -0.4 is 16.7 Å². The van der Waals surface area contributed by atoms with Crippen LogP contribution in [0.5, 0.6) is 0 Å². The number of nitrogens with two attached hydrogens (primary N) is 1. The molecule has 1 aromatic heterocycles. The molecule has 0 bridgehead atoms. The molecule has 21 heavy (non-hydrogen) atoms. The molecule has 0 saturated heterocycles. The van der Waals surface area contributed by atoms with Gasteiger partial charge in [0.25, 0.3) is 0 Å². The van der Waals surface area contributed by atoms with Gasteiger partial charge in [-0.1, -0.05) is 6.07 Å². The number of benzene rings is 1. The maximum Gasteiger partial charge on any atom is 0.345 e. The summed E-state index contributed by atoms with van der Waals surface area (Å²) in [5, 5.41) is 6.77. The molecule has 0 spiro atoms. The van der Waals surface area contributed by atoms with E-state index in [4.69, 9.17) is 5.73 Å². The highest BCUT2D eigenvalue weighted by molar-refractivity contribution is 5.91. The van der Waals surface area contributed by atoms with Gasteiger partial charge in [0.1, 0.15) is 6.33 Å². The minimum Gasteiger partial charge on any atom is -0.399 e. The monoisotopic (exact) mass is 289 g/mol. The molecular weight excluding hydrogens is 270 g/mol. The molecule has 0 aliphatic heterocycles. The fourth-order valence-electron chi connectivity index (χ4n) is 1.95. The number of hydrogen-bond acceptors (Lipinski definition) is 4. The van der Waals surface area contributed by atoms with E-state index in [-0.39, 0.29) is 11.6 Å². The Morgan fingerprint density at radius 3 is 2.86 bits per heavy atom. The van der Waals surface area contributed by atoms with E-state index < -0.39 is 0 Å². The molecular formula is C14H19N5O2. The van der Waals surface area contributed by atoms with Crippen LogP contribution in [0, 0.1) is 6.92 Å². The molecule has 1 aromatic carbocycles. The molecule has 0 saturated carbocycles. The first-order chi connectivity index (χ1) is 9.97. The first-order valence-electron chi connectivity index (χ1n) is 6.72. The van der Waals surface area contributed by atoms with E-state index in [1.165, 1.54) is 15.6 Å². The van der Waals surface area contributed by atoms with Crippen LogP contribution in [0.3, 0.4) is 0 Å². The van der Waals surface area contributed by atoms with Crippen molar-refractivity contribution < 1.29 is 4.79 Å².